The highest BCUT2D eigenvalue weighted by Crippen LogP contribution is 2.76. The highest BCUT2D eigenvalue weighted by Gasteiger charge is 2.71. The average molecular weight is 681 g/mol. The summed E-state index contributed by atoms with van der Waals surface area (Å²) < 4.78 is 6.40. The molecular weight excluding hydrogens is 601 g/mol. The molecule has 4 saturated carbocycles. The molecule has 5 rings (SSSR count). The quantitative estimate of drug-likeness (QED) is 0.106. The van der Waals surface area contributed by atoms with E-state index in [1.807, 2.05) is 0 Å². The van der Waals surface area contributed by atoms with Crippen LogP contribution >= 0.6 is 0 Å². The molecule has 0 amide bonds. The van der Waals surface area contributed by atoms with Crippen LogP contribution in [0.3, 0.4) is 0 Å². The molecule has 0 aromatic carbocycles. The van der Waals surface area contributed by atoms with Gasteiger partial charge in [-0.2, -0.15) is 0 Å². The lowest BCUT2D eigenvalue weighted by Gasteiger charge is -2.74. The number of rotatable bonds is 15. The molecule has 2 unspecified atom stereocenters. The molecule has 0 radical (unpaired) electrons. The first kappa shape index (κ1) is 39.4. The third-order valence-corrected chi connectivity index (χ3v) is 17.3. The molecule has 0 heterocycles. The Kier molecular flexibility index (Phi) is 12.6. The van der Waals surface area contributed by atoms with E-state index in [2.05, 4.69) is 68.4 Å². The summed E-state index contributed by atoms with van der Waals surface area (Å²) in [5.41, 5.74) is 2.17. The number of hydrogen-bond acceptors (Lipinski definition) is 3. The van der Waals surface area contributed by atoms with E-state index >= 15 is 0 Å². The zero-order valence-corrected chi connectivity index (χ0v) is 33.9. The Labute approximate surface area is 304 Å². The fraction of sp³-hybridized carbons (Fsp3) is 0.935. The fourth-order valence-corrected chi connectivity index (χ4v) is 14.0. The largest absolute Gasteiger partial charge is 0.462 e. The highest BCUT2D eigenvalue weighted by atomic mass is 16.5. The summed E-state index contributed by atoms with van der Waals surface area (Å²) in [4.78, 5) is 13.2. The molecule has 0 aromatic rings. The maximum absolute atomic E-state index is 13.2. The van der Waals surface area contributed by atoms with E-state index < -0.39 is 0 Å². The Bertz CT molecular complexity index is 1140. The first-order valence-electron chi connectivity index (χ1n) is 21.7. The van der Waals surface area contributed by atoms with Gasteiger partial charge < -0.3 is 9.84 Å². The summed E-state index contributed by atoms with van der Waals surface area (Å²) in [5, 5.41) is 12.0. The summed E-state index contributed by atoms with van der Waals surface area (Å²) in [6, 6.07) is 0. The van der Waals surface area contributed by atoms with Gasteiger partial charge in [0.05, 0.1) is 6.10 Å². The second-order valence-electron chi connectivity index (χ2n) is 20.2. The highest BCUT2D eigenvalue weighted by molar-refractivity contribution is 5.69. The van der Waals surface area contributed by atoms with E-state index in [1.54, 1.807) is 5.57 Å². The van der Waals surface area contributed by atoms with Gasteiger partial charge in [-0.1, -0.05) is 144 Å². The number of carbonyl (C=O) groups is 1. The van der Waals surface area contributed by atoms with Gasteiger partial charge in [0.15, 0.2) is 0 Å². The second kappa shape index (κ2) is 15.6. The maximum Gasteiger partial charge on any atom is 0.306 e. The molecule has 0 aromatic heterocycles. The molecule has 282 valence electrons. The van der Waals surface area contributed by atoms with E-state index in [9.17, 15) is 9.90 Å². The summed E-state index contributed by atoms with van der Waals surface area (Å²) >= 11 is 0. The minimum absolute atomic E-state index is 0.00425. The van der Waals surface area contributed by atoms with Gasteiger partial charge in [0.1, 0.15) is 6.10 Å². The molecule has 49 heavy (non-hydrogen) atoms. The Balaban J connectivity index is 1.13. The summed E-state index contributed by atoms with van der Waals surface area (Å²) in [6.07, 6.45) is 29.3. The molecule has 0 spiro atoms. The van der Waals surface area contributed by atoms with Crippen LogP contribution in [0.15, 0.2) is 11.6 Å². The van der Waals surface area contributed by atoms with E-state index in [4.69, 9.17) is 4.74 Å². The minimum atomic E-state index is -0.229. The third kappa shape index (κ3) is 7.26. The number of esters is 1. The lowest BCUT2D eigenvalue weighted by molar-refractivity contribution is -0.268. The van der Waals surface area contributed by atoms with Gasteiger partial charge >= 0.3 is 5.97 Å². The first-order chi connectivity index (χ1) is 23.2. The predicted octanol–water partition coefficient (Wildman–Crippen LogP) is 13.0. The molecule has 3 heteroatoms. The molecule has 0 aliphatic heterocycles. The van der Waals surface area contributed by atoms with Crippen molar-refractivity contribution in [3.63, 3.8) is 0 Å². The van der Waals surface area contributed by atoms with Crippen molar-refractivity contribution in [2.45, 2.75) is 216 Å². The number of hydrogen-bond donors (Lipinski definition) is 1. The zero-order chi connectivity index (χ0) is 35.7. The number of fused-ring (bicyclic) bond motifs is 7. The summed E-state index contributed by atoms with van der Waals surface area (Å²) in [6.45, 7) is 22.3. The molecule has 4 fully saturated rings. The van der Waals surface area contributed by atoms with Crippen LogP contribution < -0.4 is 0 Å². The van der Waals surface area contributed by atoms with Gasteiger partial charge in [0, 0.05) is 17.3 Å². The number of ether oxygens (including phenoxy) is 1. The van der Waals surface area contributed by atoms with Crippen molar-refractivity contribution in [3.8, 4) is 0 Å². The van der Waals surface area contributed by atoms with Crippen LogP contribution in [0.4, 0.5) is 0 Å². The third-order valence-electron chi connectivity index (χ3n) is 17.3. The first-order valence-corrected chi connectivity index (χ1v) is 21.7. The van der Waals surface area contributed by atoms with Crippen molar-refractivity contribution in [2.75, 3.05) is 0 Å². The van der Waals surface area contributed by atoms with E-state index in [0.29, 0.717) is 36.0 Å². The second-order valence-corrected chi connectivity index (χ2v) is 20.2. The minimum Gasteiger partial charge on any atom is -0.462 e. The average Bonchev–Trinajstić information content (AvgIpc) is 3.04. The van der Waals surface area contributed by atoms with Gasteiger partial charge in [-0.25, -0.2) is 0 Å². The van der Waals surface area contributed by atoms with Crippen LogP contribution in [0.1, 0.15) is 204 Å². The smallest absolute Gasteiger partial charge is 0.306 e. The van der Waals surface area contributed by atoms with Crippen molar-refractivity contribution in [3.05, 3.63) is 11.6 Å². The summed E-state index contributed by atoms with van der Waals surface area (Å²) in [5.74, 6) is 3.07. The van der Waals surface area contributed by atoms with Crippen molar-refractivity contribution >= 4 is 5.97 Å². The zero-order valence-electron chi connectivity index (χ0n) is 33.9. The number of allylic oxidation sites excluding steroid dienone is 2. The van der Waals surface area contributed by atoms with Crippen LogP contribution in [0.2, 0.25) is 0 Å². The van der Waals surface area contributed by atoms with E-state index in [-0.39, 0.29) is 45.3 Å². The van der Waals surface area contributed by atoms with E-state index in [0.717, 1.165) is 32.1 Å². The van der Waals surface area contributed by atoms with E-state index in [1.165, 1.54) is 103 Å². The van der Waals surface area contributed by atoms with Crippen LogP contribution in [-0.2, 0) is 9.53 Å². The van der Waals surface area contributed by atoms with Gasteiger partial charge in [-0.3, -0.25) is 4.79 Å². The number of unbranched alkanes of at least 4 members (excludes halogenated alkanes) is 12. The van der Waals surface area contributed by atoms with Gasteiger partial charge in [0.2, 0.25) is 0 Å². The SMILES string of the molecule is CCCCCCCCCCCCCCCC(=O)OC1CC[C@]2(C)[C@H]3CC[C@@H]4[C@H]5[C@H](C)C(C)=CC[C@]5(C)C(O)C[C@@]4(C)[C@]3(C)CC[C@H]2C1(C)C. The van der Waals surface area contributed by atoms with Gasteiger partial charge in [-0.15, -0.1) is 0 Å². The monoisotopic (exact) mass is 681 g/mol. The molecule has 5 aliphatic carbocycles. The lowest BCUT2D eigenvalue weighted by Crippen LogP contribution is -2.69. The summed E-state index contributed by atoms with van der Waals surface area (Å²) in [7, 11) is 0. The van der Waals surface area contributed by atoms with Crippen molar-refractivity contribution in [1.29, 1.82) is 0 Å². The number of carbonyl (C=O) groups excluding carboxylic acids is 1. The van der Waals surface area contributed by atoms with Crippen molar-refractivity contribution < 1.29 is 14.6 Å². The Morgan fingerprint density at radius 1 is 0.755 bits per heavy atom. The fourth-order valence-electron chi connectivity index (χ4n) is 14.0. The predicted molar refractivity (Wildman–Crippen MR) is 206 cm³/mol. The molecular formula is C46H80O3. The van der Waals surface area contributed by atoms with Crippen LogP contribution in [0, 0.1) is 56.7 Å². The van der Waals surface area contributed by atoms with Crippen LogP contribution in [0.5, 0.6) is 0 Å². The normalized spacial score (nSPS) is 42.7. The number of aliphatic hydroxyl groups excluding tert-OH is 1. The van der Waals surface area contributed by atoms with Gasteiger partial charge in [-0.05, 0) is 111 Å². The van der Waals surface area contributed by atoms with Crippen LogP contribution in [0.25, 0.3) is 0 Å². The lowest BCUT2D eigenvalue weighted by atomic mass is 9.31. The maximum atomic E-state index is 13.2. The molecule has 0 bridgehead atoms. The van der Waals surface area contributed by atoms with Gasteiger partial charge in [0.25, 0.3) is 0 Å². The Hall–Kier alpha value is -0.830. The molecule has 5 aliphatic rings. The van der Waals surface area contributed by atoms with Crippen molar-refractivity contribution in [2.24, 2.45) is 56.7 Å². The van der Waals surface area contributed by atoms with Crippen molar-refractivity contribution in [1.82, 2.24) is 0 Å². The Morgan fingerprint density at radius 3 is 1.96 bits per heavy atom. The number of aliphatic hydroxyl groups is 1. The van der Waals surface area contributed by atoms with Crippen LogP contribution in [-0.4, -0.2) is 23.3 Å². The molecule has 1 N–H and O–H groups in total. The Morgan fingerprint density at radius 2 is 1.35 bits per heavy atom. The topological polar surface area (TPSA) is 46.5 Å². The molecule has 0 saturated heterocycles. The molecule has 3 nitrogen and oxygen atoms in total. The molecule has 11 atom stereocenters. The standard InChI is InChI=1S/C46H80O3/c1-10-11-12-13-14-15-16-17-18-19-20-21-22-23-40(48)49-39-28-30-43(6)36(42(39,4)5)27-31-45(8)37(43)25-24-35-41-34(3)33(2)26-29-44(41,7)38(47)32-46(35,45)9/h26,34-39,41,47H,10-25,27-32H2,1-9H3/t34-,35-,36+,37-,38?,39?,41-,43+,44-,45-,46-/m1/s1.